The summed E-state index contributed by atoms with van der Waals surface area (Å²) in [4.78, 5) is 18.6. The standard InChI is InChI=1S/C18H24N2O/c1-12-6-7-17-15(9-12)18(21)16(14(3)19-17)11-20-8-4-5-13(2)10-20/h6-7,9,13H,4-5,8,10-11H2,1-3H3,(H,19,21). The molecule has 2 aromatic rings. The zero-order valence-electron chi connectivity index (χ0n) is 13.2. The Kier molecular flexibility index (Phi) is 3.85. The van der Waals surface area contributed by atoms with Gasteiger partial charge in [0.1, 0.15) is 0 Å². The Morgan fingerprint density at radius 1 is 1.33 bits per heavy atom. The van der Waals surface area contributed by atoms with Gasteiger partial charge in [0.25, 0.3) is 0 Å². The summed E-state index contributed by atoms with van der Waals surface area (Å²) < 4.78 is 0. The average Bonchev–Trinajstić information content (AvgIpc) is 2.45. The van der Waals surface area contributed by atoms with Gasteiger partial charge in [-0.15, -0.1) is 0 Å². The van der Waals surface area contributed by atoms with Crippen LogP contribution in [0.2, 0.25) is 0 Å². The first kappa shape index (κ1) is 14.3. The molecule has 3 heteroatoms. The maximum Gasteiger partial charge on any atom is 0.194 e. The number of hydrogen-bond acceptors (Lipinski definition) is 2. The number of aryl methyl sites for hydroxylation is 2. The second-order valence-electron chi connectivity index (χ2n) is 6.59. The van der Waals surface area contributed by atoms with E-state index in [1.165, 1.54) is 12.8 Å². The van der Waals surface area contributed by atoms with Crippen LogP contribution in [0.25, 0.3) is 10.9 Å². The van der Waals surface area contributed by atoms with Gasteiger partial charge in [0.15, 0.2) is 5.43 Å². The van der Waals surface area contributed by atoms with Crippen molar-refractivity contribution in [2.24, 2.45) is 5.92 Å². The number of pyridine rings is 1. The third-order valence-corrected chi connectivity index (χ3v) is 4.59. The van der Waals surface area contributed by atoms with Crippen LogP contribution in [0.1, 0.15) is 36.6 Å². The molecule has 1 aliphatic heterocycles. The van der Waals surface area contributed by atoms with Crippen LogP contribution in [0, 0.1) is 19.8 Å². The number of aromatic amines is 1. The number of nitrogens with zero attached hydrogens (tertiary/aromatic N) is 1. The lowest BCUT2D eigenvalue weighted by molar-refractivity contribution is 0.176. The summed E-state index contributed by atoms with van der Waals surface area (Å²) in [5.74, 6) is 0.737. The Balaban J connectivity index is 2.00. The fraction of sp³-hybridized carbons (Fsp3) is 0.500. The fourth-order valence-corrected chi connectivity index (χ4v) is 3.41. The molecule has 1 aromatic heterocycles. The van der Waals surface area contributed by atoms with Crippen LogP contribution in [0.4, 0.5) is 0 Å². The molecule has 1 aliphatic rings. The smallest absolute Gasteiger partial charge is 0.194 e. The number of benzene rings is 1. The Morgan fingerprint density at radius 2 is 2.14 bits per heavy atom. The molecule has 3 rings (SSSR count). The predicted octanol–water partition coefficient (Wildman–Crippen LogP) is 3.38. The van der Waals surface area contributed by atoms with Gasteiger partial charge in [0.2, 0.25) is 0 Å². The molecule has 0 spiro atoms. The van der Waals surface area contributed by atoms with Gasteiger partial charge in [-0.1, -0.05) is 18.6 Å². The number of H-pyrrole nitrogens is 1. The van der Waals surface area contributed by atoms with Crippen LogP contribution in [0.3, 0.4) is 0 Å². The highest BCUT2D eigenvalue weighted by Crippen LogP contribution is 2.19. The minimum Gasteiger partial charge on any atom is -0.358 e. The van der Waals surface area contributed by atoms with Crippen molar-refractivity contribution in [1.82, 2.24) is 9.88 Å². The zero-order valence-corrected chi connectivity index (χ0v) is 13.2. The van der Waals surface area contributed by atoms with Crippen molar-refractivity contribution >= 4 is 10.9 Å². The molecule has 3 nitrogen and oxygen atoms in total. The Morgan fingerprint density at radius 3 is 2.90 bits per heavy atom. The van der Waals surface area contributed by atoms with Crippen LogP contribution in [-0.4, -0.2) is 23.0 Å². The average molecular weight is 284 g/mol. The molecule has 1 fully saturated rings. The molecule has 0 saturated carbocycles. The number of aromatic nitrogens is 1. The molecule has 0 radical (unpaired) electrons. The fourth-order valence-electron chi connectivity index (χ4n) is 3.41. The summed E-state index contributed by atoms with van der Waals surface area (Å²) in [6.07, 6.45) is 2.55. The highest BCUT2D eigenvalue weighted by Gasteiger charge is 2.19. The molecule has 0 bridgehead atoms. The molecule has 112 valence electrons. The van der Waals surface area contributed by atoms with Gasteiger partial charge in [-0.2, -0.15) is 0 Å². The van der Waals surface area contributed by atoms with Crippen molar-refractivity contribution in [3.8, 4) is 0 Å². The largest absolute Gasteiger partial charge is 0.358 e. The van der Waals surface area contributed by atoms with E-state index in [4.69, 9.17) is 0 Å². The van der Waals surface area contributed by atoms with E-state index < -0.39 is 0 Å². The van der Waals surface area contributed by atoms with Gasteiger partial charge >= 0.3 is 0 Å². The molecule has 21 heavy (non-hydrogen) atoms. The first-order chi connectivity index (χ1) is 10.0. The van der Waals surface area contributed by atoms with E-state index in [2.05, 4.69) is 16.8 Å². The van der Waals surface area contributed by atoms with Gasteiger partial charge in [0, 0.05) is 35.2 Å². The zero-order chi connectivity index (χ0) is 15.0. The van der Waals surface area contributed by atoms with E-state index >= 15 is 0 Å². The van der Waals surface area contributed by atoms with Gasteiger partial charge < -0.3 is 4.98 Å². The maximum atomic E-state index is 12.8. The number of hydrogen-bond donors (Lipinski definition) is 1. The Labute approximate surface area is 126 Å². The monoisotopic (exact) mass is 284 g/mol. The topological polar surface area (TPSA) is 36.1 Å². The lowest BCUT2D eigenvalue weighted by atomic mass is 9.99. The molecule has 0 aliphatic carbocycles. The highest BCUT2D eigenvalue weighted by atomic mass is 16.1. The van der Waals surface area contributed by atoms with Crippen LogP contribution >= 0.6 is 0 Å². The van der Waals surface area contributed by atoms with Crippen molar-refractivity contribution in [3.05, 3.63) is 45.2 Å². The maximum absolute atomic E-state index is 12.8. The van der Waals surface area contributed by atoms with E-state index in [-0.39, 0.29) is 5.43 Å². The lowest BCUT2D eigenvalue weighted by Gasteiger charge is -2.31. The first-order valence-electron chi connectivity index (χ1n) is 7.89. The van der Waals surface area contributed by atoms with Crippen LogP contribution in [0.5, 0.6) is 0 Å². The molecule has 1 atom stereocenters. The number of piperidine rings is 1. The molecule has 1 N–H and O–H groups in total. The van der Waals surface area contributed by atoms with Gasteiger partial charge in [-0.3, -0.25) is 9.69 Å². The first-order valence-corrected chi connectivity index (χ1v) is 7.89. The summed E-state index contributed by atoms with van der Waals surface area (Å²) >= 11 is 0. The van der Waals surface area contributed by atoms with Crippen LogP contribution in [0.15, 0.2) is 23.0 Å². The van der Waals surface area contributed by atoms with Crippen LogP contribution < -0.4 is 5.43 Å². The van der Waals surface area contributed by atoms with Crippen molar-refractivity contribution in [3.63, 3.8) is 0 Å². The molecular weight excluding hydrogens is 260 g/mol. The molecule has 1 unspecified atom stereocenters. The number of fused-ring (bicyclic) bond motifs is 1. The highest BCUT2D eigenvalue weighted by molar-refractivity contribution is 5.80. The molecule has 1 saturated heterocycles. The number of nitrogens with one attached hydrogen (secondary N) is 1. The number of rotatable bonds is 2. The van der Waals surface area contributed by atoms with E-state index in [9.17, 15) is 4.79 Å². The summed E-state index contributed by atoms with van der Waals surface area (Å²) in [6.45, 7) is 9.33. The van der Waals surface area contributed by atoms with Crippen molar-refractivity contribution in [2.45, 2.75) is 40.2 Å². The lowest BCUT2D eigenvalue weighted by Crippen LogP contribution is -2.35. The van der Waals surface area contributed by atoms with Gasteiger partial charge in [0.05, 0.1) is 0 Å². The second-order valence-corrected chi connectivity index (χ2v) is 6.59. The van der Waals surface area contributed by atoms with Crippen LogP contribution in [-0.2, 0) is 6.54 Å². The normalized spacial score (nSPS) is 20.0. The molecule has 0 amide bonds. The Bertz CT molecular complexity index is 717. The van der Waals surface area contributed by atoms with Crippen molar-refractivity contribution in [1.29, 1.82) is 0 Å². The van der Waals surface area contributed by atoms with Crippen molar-refractivity contribution in [2.75, 3.05) is 13.1 Å². The van der Waals surface area contributed by atoms with Gasteiger partial charge in [-0.05, 0) is 51.3 Å². The quantitative estimate of drug-likeness (QED) is 0.917. The van der Waals surface area contributed by atoms with E-state index in [1.807, 2.05) is 32.0 Å². The van der Waals surface area contributed by atoms with Crippen molar-refractivity contribution < 1.29 is 0 Å². The predicted molar refractivity (Wildman–Crippen MR) is 87.7 cm³/mol. The summed E-state index contributed by atoms with van der Waals surface area (Å²) in [5, 5.41) is 0.820. The summed E-state index contributed by atoms with van der Waals surface area (Å²) in [6, 6.07) is 6.05. The molecule has 2 heterocycles. The number of likely N-dealkylation sites (tertiary alicyclic amines) is 1. The Hall–Kier alpha value is -1.61. The van der Waals surface area contributed by atoms with E-state index in [0.29, 0.717) is 0 Å². The summed E-state index contributed by atoms with van der Waals surface area (Å²) in [5.41, 5.74) is 4.22. The summed E-state index contributed by atoms with van der Waals surface area (Å²) in [7, 11) is 0. The molecular formula is C18H24N2O. The van der Waals surface area contributed by atoms with Gasteiger partial charge in [-0.25, -0.2) is 0 Å². The third-order valence-electron chi connectivity index (χ3n) is 4.59. The SMILES string of the molecule is Cc1ccc2[nH]c(C)c(CN3CCCC(C)C3)c(=O)c2c1. The van der Waals surface area contributed by atoms with E-state index in [0.717, 1.165) is 53.3 Å². The third kappa shape index (κ3) is 2.88. The minimum atomic E-state index is 0.197. The second kappa shape index (κ2) is 5.64. The minimum absolute atomic E-state index is 0.197. The van der Waals surface area contributed by atoms with E-state index in [1.54, 1.807) is 0 Å². The molecule has 1 aromatic carbocycles.